The molecule has 2 rings (SSSR count). The fourth-order valence-corrected chi connectivity index (χ4v) is 1.77. The number of benzene rings is 1. The molecular formula is C15H15NO3. The number of anilines is 1. The highest BCUT2D eigenvalue weighted by Gasteiger charge is 2.05. The van der Waals surface area contributed by atoms with Crippen molar-refractivity contribution in [1.29, 1.82) is 0 Å². The molecule has 0 bridgehead atoms. The van der Waals surface area contributed by atoms with Crippen LogP contribution in [0.15, 0.2) is 48.1 Å². The molecule has 0 saturated carbocycles. The third kappa shape index (κ3) is 4.10. The van der Waals surface area contributed by atoms with Gasteiger partial charge in [0, 0.05) is 11.3 Å². The van der Waals surface area contributed by atoms with Gasteiger partial charge in [0.2, 0.25) is 0 Å². The van der Waals surface area contributed by atoms with E-state index >= 15 is 0 Å². The lowest BCUT2D eigenvalue weighted by atomic mass is 10.1. The highest BCUT2D eigenvalue weighted by Crippen LogP contribution is 2.12. The molecule has 0 unspecified atom stereocenters. The number of amides is 1. The van der Waals surface area contributed by atoms with Crippen LogP contribution in [0.4, 0.5) is 10.5 Å². The van der Waals surface area contributed by atoms with Crippen LogP contribution in [-0.4, -0.2) is 19.0 Å². The Morgan fingerprint density at radius 2 is 2.26 bits per heavy atom. The molecule has 0 saturated heterocycles. The van der Waals surface area contributed by atoms with Gasteiger partial charge in [0.25, 0.3) is 0 Å². The predicted molar refractivity (Wildman–Crippen MR) is 73.3 cm³/mol. The van der Waals surface area contributed by atoms with E-state index in [0.29, 0.717) is 11.3 Å². The Hall–Kier alpha value is -2.36. The Morgan fingerprint density at radius 3 is 3.00 bits per heavy atom. The van der Waals surface area contributed by atoms with Crippen molar-refractivity contribution in [3.8, 4) is 0 Å². The van der Waals surface area contributed by atoms with Gasteiger partial charge in [-0.25, -0.2) is 4.79 Å². The second-order valence-corrected chi connectivity index (χ2v) is 4.20. The second kappa shape index (κ2) is 6.54. The van der Waals surface area contributed by atoms with E-state index in [1.54, 1.807) is 24.3 Å². The summed E-state index contributed by atoms with van der Waals surface area (Å²) in [5.41, 5.74) is 2.06. The van der Waals surface area contributed by atoms with Crippen molar-refractivity contribution in [3.05, 3.63) is 53.6 Å². The molecule has 0 radical (unpaired) electrons. The zero-order valence-electron chi connectivity index (χ0n) is 10.5. The van der Waals surface area contributed by atoms with E-state index in [1.165, 1.54) is 0 Å². The Balaban J connectivity index is 1.85. The van der Waals surface area contributed by atoms with Crippen LogP contribution in [0.1, 0.15) is 23.2 Å². The van der Waals surface area contributed by atoms with Crippen molar-refractivity contribution in [2.45, 2.75) is 12.8 Å². The Bertz CT molecular complexity index is 532. The van der Waals surface area contributed by atoms with E-state index in [9.17, 15) is 9.59 Å². The van der Waals surface area contributed by atoms with Gasteiger partial charge in [-0.05, 0) is 30.5 Å². The van der Waals surface area contributed by atoms with Gasteiger partial charge in [-0.1, -0.05) is 30.4 Å². The summed E-state index contributed by atoms with van der Waals surface area (Å²) >= 11 is 0. The van der Waals surface area contributed by atoms with Gasteiger partial charge in [-0.2, -0.15) is 0 Å². The van der Waals surface area contributed by atoms with Gasteiger partial charge >= 0.3 is 6.09 Å². The molecule has 1 amide bonds. The van der Waals surface area contributed by atoms with Crippen LogP contribution >= 0.6 is 0 Å². The second-order valence-electron chi connectivity index (χ2n) is 4.20. The summed E-state index contributed by atoms with van der Waals surface area (Å²) in [5, 5.41) is 2.58. The van der Waals surface area contributed by atoms with E-state index in [-0.39, 0.29) is 6.61 Å². The first kappa shape index (κ1) is 13.1. The van der Waals surface area contributed by atoms with Crippen molar-refractivity contribution < 1.29 is 14.3 Å². The maximum Gasteiger partial charge on any atom is 0.411 e. The molecule has 0 heterocycles. The molecule has 1 aliphatic carbocycles. The zero-order chi connectivity index (χ0) is 13.5. The maximum absolute atomic E-state index is 11.6. The Morgan fingerprint density at radius 1 is 1.37 bits per heavy atom. The monoisotopic (exact) mass is 257 g/mol. The summed E-state index contributed by atoms with van der Waals surface area (Å²) < 4.78 is 5.10. The van der Waals surface area contributed by atoms with Gasteiger partial charge in [-0.3, -0.25) is 10.1 Å². The Kier molecular flexibility index (Phi) is 4.50. The van der Waals surface area contributed by atoms with E-state index in [2.05, 4.69) is 17.5 Å². The molecule has 0 atom stereocenters. The minimum atomic E-state index is -0.525. The third-order valence-corrected chi connectivity index (χ3v) is 2.71. The van der Waals surface area contributed by atoms with Gasteiger partial charge in [0.05, 0.1) is 0 Å². The number of rotatable bonds is 4. The molecule has 0 aromatic heterocycles. The summed E-state index contributed by atoms with van der Waals surface area (Å²) in [7, 11) is 0. The smallest absolute Gasteiger partial charge is 0.411 e. The molecule has 1 aromatic rings. The van der Waals surface area contributed by atoms with Crippen molar-refractivity contribution >= 4 is 18.1 Å². The number of hydrogen-bond acceptors (Lipinski definition) is 3. The molecule has 4 nitrogen and oxygen atoms in total. The third-order valence-electron chi connectivity index (χ3n) is 2.71. The lowest BCUT2D eigenvalue weighted by Gasteiger charge is -2.09. The molecule has 1 aliphatic rings. The number of ether oxygens (including phenoxy) is 1. The first-order valence-corrected chi connectivity index (χ1v) is 6.12. The fourth-order valence-electron chi connectivity index (χ4n) is 1.77. The summed E-state index contributed by atoms with van der Waals surface area (Å²) in [6.45, 7) is 0.260. The molecule has 1 N–H and O–H groups in total. The van der Waals surface area contributed by atoms with Gasteiger partial charge in [-0.15, -0.1) is 0 Å². The van der Waals surface area contributed by atoms with Crippen LogP contribution in [0.25, 0.3) is 0 Å². The summed E-state index contributed by atoms with van der Waals surface area (Å²) in [4.78, 5) is 22.2. The first-order valence-electron chi connectivity index (χ1n) is 6.12. The number of hydrogen-bond donors (Lipinski definition) is 1. The quantitative estimate of drug-likeness (QED) is 0.842. The van der Waals surface area contributed by atoms with Crippen molar-refractivity contribution in [1.82, 2.24) is 0 Å². The van der Waals surface area contributed by atoms with Crippen LogP contribution in [0.2, 0.25) is 0 Å². The average molecular weight is 257 g/mol. The molecule has 19 heavy (non-hydrogen) atoms. The average Bonchev–Trinajstić information content (AvgIpc) is 2.46. The van der Waals surface area contributed by atoms with Crippen LogP contribution in [0.5, 0.6) is 0 Å². The van der Waals surface area contributed by atoms with Gasteiger partial charge in [0.1, 0.15) is 12.9 Å². The summed E-state index contributed by atoms with van der Waals surface area (Å²) in [6, 6.07) is 6.66. The Labute approximate surface area is 111 Å². The van der Waals surface area contributed by atoms with Crippen LogP contribution in [-0.2, 0) is 4.74 Å². The number of aldehydes is 1. The molecule has 4 heteroatoms. The molecule has 1 aromatic carbocycles. The lowest BCUT2D eigenvalue weighted by Crippen LogP contribution is -2.15. The largest absolute Gasteiger partial charge is 0.444 e. The van der Waals surface area contributed by atoms with Crippen molar-refractivity contribution in [2.75, 3.05) is 11.9 Å². The van der Waals surface area contributed by atoms with Crippen molar-refractivity contribution in [2.24, 2.45) is 0 Å². The molecule has 98 valence electrons. The van der Waals surface area contributed by atoms with E-state index < -0.39 is 6.09 Å². The highest BCUT2D eigenvalue weighted by molar-refractivity contribution is 5.86. The fraction of sp³-hybridized carbons (Fsp3) is 0.200. The van der Waals surface area contributed by atoms with Gasteiger partial charge < -0.3 is 4.74 Å². The lowest BCUT2D eigenvalue weighted by molar-refractivity contribution is 0.112. The standard InChI is InChI=1S/C15H15NO3/c17-10-13-7-4-8-14(9-13)16-15(18)19-11-12-5-2-1-3-6-12/h2,4-10H,1,3,11H2,(H,16,18). The highest BCUT2D eigenvalue weighted by atomic mass is 16.5. The van der Waals surface area contributed by atoms with Crippen LogP contribution in [0.3, 0.4) is 0 Å². The molecule has 0 aliphatic heterocycles. The predicted octanol–water partition coefficient (Wildman–Crippen LogP) is 3.32. The molecule has 0 spiro atoms. The summed E-state index contributed by atoms with van der Waals surface area (Å²) in [6.07, 6.45) is 8.30. The SMILES string of the molecule is O=Cc1cccc(NC(=O)OCC2=CCCC=C2)c1. The topological polar surface area (TPSA) is 55.4 Å². The minimum Gasteiger partial charge on any atom is -0.444 e. The minimum absolute atomic E-state index is 0.260. The summed E-state index contributed by atoms with van der Waals surface area (Å²) in [5.74, 6) is 0. The van der Waals surface area contributed by atoms with E-state index in [1.807, 2.05) is 6.08 Å². The first-order chi connectivity index (χ1) is 9.28. The molecular weight excluding hydrogens is 242 g/mol. The van der Waals surface area contributed by atoms with Crippen molar-refractivity contribution in [3.63, 3.8) is 0 Å². The number of carbonyl (C=O) groups excluding carboxylic acids is 2. The zero-order valence-corrected chi connectivity index (χ0v) is 10.5. The number of nitrogens with one attached hydrogen (secondary N) is 1. The number of carbonyl (C=O) groups is 2. The van der Waals surface area contributed by atoms with Crippen LogP contribution in [0, 0.1) is 0 Å². The van der Waals surface area contributed by atoms with Gasteiger partial charge in [0.15, 0.2) is 0 Å². The normalized spacial score (nSPS) is 13.6. The van der Waals surface area contributed by atoms with E-state index in [0.717, 1.165) is 24.7 Å². The number of allylic oxidation sites excluding steroid dienone is 2. The molecule has 0 fully saturated rings. The maximum atomic E-state index is 11.6. The van der Waals surface area contributed by atoms with E-state index in [4.69, 9.17) is 4.74 Å². The van der Waals surface area contributed by atoms with Crippen LogP contribution < -0.4 is 5.32 Å².